The van der Waals surface area contributed by atoms with E-state index in [1.807, 2.05) is 13.8 Å². The molecule has 4 atom stereocenters. The molecule has 1 heterocycles. The second kappa shape index (κ2) is 6.97. The minimum Gasteiger partial charge on any atom is -0.364 e. The molecule has 0 aromatic carbocycles. The van der Waals surface area contributed by atoms with E-state index in [9.17, 15) is 4.79 Å². The molecule has 0 bridgehead atoms. The van der Waals surface area contributed by atoms with E-state index in [1.165, 1.54) is 0 Å². The Bertz CT molecular complexity index is 246. The lowest BCUT2D eigenvalue weighted by molar-refractivity contribution is -0.138. The summed E-state index contributed by atoms with van der Waals surface area (Å²) >= 11 is 0. The fourth-order valence-corrected chi connectivity index (χ4v) is 1.99. The SMILES string of the molecule is CCC(C)NC(=O)C(C)OC1CCCNC1C. The molecule has 4 nitrogen and oxygen atoms in total. The quantitative estimate of drug-likeness (QED) is 0.767. The van der Waals surface area contributed by atoms with Gasteiger partial charge in [-0.1, -0.05) is 6.92 Å². The van der Waals surface area contributed by atoms with Gasteiger partial charge < -0.3 is 15.4 Å². The highest BCUT2D eigenvalue weighted by Crippen LogP contribution is 2.14. The molecule has 1 fully saturated rings. The summed E-state index contributed by atoms with van der Waals surface area (Å²) in [6, 6.07) is 0.554. The largest absolute Gasteiger partial charge is 0.364 e. The van der Waals surface area contributed by atoms with Crippen molar-refractivity contribution in [2.45, 2.75) is 71.2 Å². The molecule has 17 heavy (non-hydrogen) atoms. The summed E-state index contributed by atoms with van der Waals surface area (Å²) < 4.78 is 5.84. The Kier molecular flexibility index (Phi) is 5.92. The lowest BCUT2D eigenvalue weighted by Crippen LogP contribution is -2.48. The Hall–Kier alpha value is -0.610. The minimum atomic E-state index is -0.364. The number of nitrogens with one attached hydrogen (secondary N) is 2. The van der Waals surface area contributed by atoms with Gasteiger partial charge >= 0.3 is 0 Å². The Labute approximate surface area is 104 Å². The first-order chi connectivity index (χ1) is 8.04. The van der Waals surface area contributed by atoms with Crippen molar-refractivity contribution in [3.8, 4) is 0 Å². The van der Waals surface area contributed by atoms with E-state index in [0.717, 1.165) is 25.8 Å². The molecular weight excluding hydrogens is 216 g/mol. The van der Waals surface area contributed by atoms with Gasteiger partial charge in [0.05, 0.1) is 6.10 Å². The van der Waals surface area contributed by atoms with Crippen molar-refractivity contribution in [2.24, 2.45) is 0 Å². The maximum atomic E-state index is 11.8. The highest BCUT2D eigenvalue weighted by Gasteiger charge is 2.26. The number of piperidine rings is 1. The molecule has 1 saturated heterocycles. The zero-order valence-electron chi connectivity index (χ0n) is 11.5. The van der Waals surface area contributed by atoms with Crippen molar-refractivity contribution >= 4 is 5.91 Å². The monoisotopic (exact) mass is 242 g/mol. The van der Waals surface area contributed by atoms with E-state index >= 15 is 0 Å². The third-order valence-electron chi connectivity index (χ3n) is 3.44. The van der Waals surface area contributed by atoms with Gasteiger partial charge in [-0.15, -0.1) is 0 Å². The van der Waals surface area contributed by atoms with Crippen LogP contribution in [-0.4, -0.2) is 36.7 Å². The summed E-state index contributed by atoms with van der Waals surface area (Å²) in [6.45, 7) is 9.07. The van der Waals surface area contributed by atoms with Crippen LogP contribution in [0.2, 0.25) is 0 Å². The van der Waals surface area contributed by atoms with Crippen LogP contribution < -0.4 is 10.6 Å². The Morgan fingerprint density at radius 2 is 2.24 bits per heavy atom. The number of carbonyl (C=O) groups excluding carboxylic acids is 1. The van der Waals surface area contributed by atoms with Crippen molar-refractivity contribution in [2.75, 3.05) is 6.54 Å². The molecule has 0 aliphatic carbocycles. The maximum Gasteiger partial charge on any atom is 0.249 e. The predicted molar refractivity (Wildman–Crippen MR) is 68.9 cm³/mol. The second-order valence-corrected chi connectivity index (χ2v) is 5.02. The Balaban J connectivity index is 2.36. The maximum absolute atomic E-state index is 11.8. The van der Waals surface area contributed by atoms with Gasteiger partial charge in [-0.2, -0.15) is 0 Å². The predicted octanol–water partition coefficient (Wildman–Crippen LogP) is 1.45. The van der Waals surface area contributed by atoms with Crippen molar-refractivity contribution in [3.63, 3.8) is 0 Å². The molecule has 0 aromatic rings. The van der Waals surface area contributed by atoms with Gasteiger partial charge in [0.2, 0.25) is 5.91 Å². The normalized spacial score (nSPS) is 28.5. The van der Waals surface area contributed by atoms with E-state index in [1.54, 1.807) is 0 Å². The van der Waals surface area contributed by atoms with E-state index in [2.05, 4.69) is 24.5 Å². The highest BCUT2D eigenvalue weighted by atomic mass is 16.5. The van der Waals surface area contributed by atoms with Crippen LogP contribution in [0.4, 0.5) is 0 Å². The van der Waals surface area contributed by atoms with Crippen LogP contribution in [0, 0.1) is 0 Å². The van der Waals surface area contributed by atoms with E-state index < -0.39 is 0 Å². The lowest BCUT2D eigenvalue weighted by atomic mass is 10.0. The molecule has 1 amide bonds. The number of amides is 1. The van der Waals surface area contributed by atoms with Crippen molar-refractivity contribution in [1.29, 1.82) is 0 Å². The van der Waals surface area contributed by atoms with Gasteiger partial charge in [-0.3, -0.25) is 4.79 Å². The summed E-state index contributed by atoms with van der Waals surface area (Å²) in [7, 11) is 0. The van der Waals surface area contributed by atoms with Crippen molar-refractivity contribution in [3.05, 3.63) is 0 Å². The van der Waals surface area contributed by atoms with E-state index in [-0.39, 0.29) is 24.2 Å². The fraction of sp³-hybridized carbons (Fsp3) is 0.923. The summed E-state index contributed by atoms with van der Waals surface area (Å²) in [5.41, 5.74) is 0. The van der Waals surface area contributed by atoms with Crippen LogP contribution in [0.5, 0.6) is 0 Å². The average molecular weight is 242 g/mol. The standard InChI is InChI=1S/C13H26N2O2/c1-5-9(2)15-13(16)11(4)17-12-7-6-8-14-10(12)3/h9-12,14H,5-8H2,1-4H3,(H,15,16). The van der Waals surface area contributed by atoms with Gasteiger partial charge in [-0.25, -0.2) is 0 Å². The van der Waals surface area contributed by atoms with Crippen LogP contribution in [0.25, 0.3) is 0 Å². The molecule has 2 N–H and O–H groups in total. The Morgan fingerprint density at radius 3 is 2.82 bits per heavy atom. The van der Waals surface area contributed by atoms with Crippen molar-refractivity contribution < 1.29 is 9.53 Å². The molecule has 0 saturated carbocycles. The number of hydrogen-bond acceptors (Lipinski definition) is 3. The van der Waals surface area contributed by atoms with Gasteiger partial charge in [-0.05, 0) is 46.6 Å². The van der Waals surface area contributed by atoms with E-state index in [4.69, 9.17) is 4.74 Å². The zero-order chi connectivity index (χ0) is 12.8. The topological polar surface area (TPSA) is 50.4 Å². The van der Waals surface area contributed by atoms with Gasteiger partial charge in [0.25, 0.3) is 0 Å². The lowest BCUT2D eigenvalue weighted by Gasteiger charge is -2.32. The van der Waals surface area contributed by atoms with Crippen LogP contribution in [0.3, 0.4) is 0 Å². The first kappa shape index (κ1) is 14.5. The molecular formula is C13H26N2O2. The third-order valence-corrected chi connectivity index (χ3v) is 3.44. The third kappa shape index (κ3) is 4.64. The molecule has 4 unspecified atom stereocenters. The van der Waals surface area contributed by atoms with Crippen LogP contribution in [-0.2, 0) is 9.53 Å². The molecule has 1 aliphatic rings. The molecule has 4 heteroatoms. The first-order valence-electron chi connectivity index (χ1n) is 6.73. The van der Waals surface area contributed by atoms with Crippen LogP contribution in [0.15, 0.2) is 0 Å². The number of ether oxygens (including phenoxy) is 1. The summed E-state index contributed by atoms with van der Waals surface area (Å²) in [5, 5.41) is 6.32. The molecule has 0 radical (unpaired) electrons. The van der Waals surface area contributed by atoms with E-state index in [0.29, 0.717) is 6.04 Å². The molecule has 100 valence electrons. The first-order valence-corrected chi connectivity index (χ1v) is 6.73. The van der Waals surface area contributed by atoms with Gasteiger partial charge in [0.15, 0.2) is 0 Å². The van der Waals surface area contributed by atoms with Crippen LogP contribution in [0.1, 0.15) is 47.0 Å². The number of carbonyl (C=O) groups is 1. The number of rotatable bonds is 5. The van der Waals surface area contributed by atoms with Gasteiger partial charge in [0, 0.05) is 12.1 Å². The molecule has 0 aromatic heterocycles. The van der Waals surface area contributed by atoms with Crippen LogP contribution >= 0.6 is 0 Å². The molecule has 1 aliphatic heterocycles. The zero-order valence-corrected chi connectivity index (χ0v) is 11.5. The summed E-state index contributed by atoms with van der Waals surface area (Å²) in [5.74, 6) is -0.00266. The Morgan fingerprint density at radius 1 is 1.53 bits per heavy atom. The summed E-state index contributed by atoms with van der Waals surface area (Å²) in [6.07, 6.45) is 2.89. The highest BCUT2D eigenvalue weighted by molar-refractivity contribution is 5.80. The summed E-state index contributed by atoms with van der Waals surface area (Å²) in [4.78, 5) is 11.8. The smallest absolute Gasteiger partial charge is 0.249 e. The van der Waals surface area contributed by atoms with Crippen molar-refractivity contribution in [1.82, 2.24) is 10.6 Å². The second-order valence-electron chi connectivity index (χ2n) is 5.02. The fourth-order valence-electron chi connectivity index (χ4n) is 1.99. The van der Waals surface area contributed by atoms with Gasteiger partial charge in [0.1, 0.15) is 6.10 Å². The number of hydrogen-bond donors (Lipinski definition) is 2. The molecule has 0 spiro atoms. The average Bonchev–Trinajstić information content (AvgIpc) is 2.31. The minimum absolute atomic E-state index is 0.00266. The molecule has 1 rings (SSSR count).